The zero-order valence-corrected chi connectivity index (χ0v) is 11.0. The molecule has 0 amide bonds. The van der Waals surface area contributed by atoms with Crippen LogP contribution in [0.5, 0.6) is 0 Å². The van der Waals surface area contributed by atoms with Gasteiger partial charge < -0.3 is 24.1 Å². The highest BCUT2D eigenvalue weighted by molar-refractivity contribution is 5.16. The third-order valence-electron chi connectivity index (χ3n) is 3.59. The highest BCUT2D eigenvalue weighted by atomic mass is 19.1. The molecule has 6 heteroatoms. The summed E-state index contributed by atoms with van der Waals surface area (Å²) < 4.78 is 35.4. The second kappa shape index (κ2) is 5.75. The number of hydrogen-bond acceptors (Lipinski definition) is 5. The van der Waals surface area contributed by atoms with Gasteiger partial charge in [-0.25, -0.2) is 4.39 Å². The van der Waals surface area contributed by atoms with Gasteiger partial charge in [0.05, 0.1) is 6.61 Å². The van der Waals surface area contributed by atoms with Crippen molar-refractivity contribution in [1.29, 1.82) is 0 Å². The van der Waals surface area contributed by atoms with Crippen LogP contribution in [0.15, 0.2) is 30.3 Å². The van der Waals surface area contributed by atoms with Gasteiger partial charge in [-0.1, -0.05) is 30.3 Å². The summed E-state index contributed by atoms with van der Waals surface area (Å²) in [5.41, 5.74) is 0.822. The molecule has 110 valence electrons. The zero-order chi connectivity index (χ0) is 14.1. The van der Waals surface area contributed by atoms with E-state index in [9.17, 15) is 9.50 Å². The fourth-order valence-corrected chi connectivity index (χ4v) is 2.52. The number of aliphatic hydroxyl groups is 1. The van der Waals surface area contributed by atoms with E-state index in [4.69, 9.17) is 18.9 Å². The summed E-state index contributed by atoms with van der Waals surface area (Å²) in [6, 6.07) is 9.31. The second-order valence-electron chi connectivity index (χ2n) is 4.89. The molecule has 1 aromatic rings. The number of methoxy groups -OCH3 is 1. The number of fused-ring (bicyclic) bond motifs is 1. The average molecular weight is 284 g/mol. The first kappa shape index (κ1) is 13.9. The molecule has 2 aliphatic rings. The number of benzene rings is 1. The third-order valence-corrected chi connectivity index (χ3v) is 3.59. The van der Waals surface area contributed by atoms with Gasteiger partial charge in [-0.2, -0.15) is 0 Å². The van der Waals surface area contributed by atoms with Crippen LogP contribution in [0.4, 0.5) is 4.39 Å². The number of halogens is 1. The van der Waals surface area contributed by atoms with E-state index in [-0.39, 0.29) is 6.61 Å². The molecule has 0 bridgehead atoms. The molecule has 2 fully saturated rings. The van der Waals surface area contributed by atoms with Crippen LogP contribution in [0.1, 0.15) is 11.9 Å². The summed E-state index contributed by atoms with van der Waals surface area (Å²) in [4.78, 5) is 0. The topological polar surface area (TPSA) is 57.2 Å². The predicted octanol–water partition coefficient (Wildman–Crippen LogP) is 1.17. The average Bonchev–Trinajstić information content (AvgIpc) is 2.51. The Labute approximate surface area is 116 Å². The van der Waals surface area contributed by atoms with Gasteiger partial charge >= 0.3 is 0 Å². The largest absolute Gasteiger partial charge is 0.387 e. The Balaban J connectivity index is 1.74. The number of aliphatic hydroxyl groups excluding tert-OH is 1. The highest BCUT2D eigenvalue weighted by Crippen LogP contribution is 2.34. The maximum atomic E-state index is 13.9. The van der Waals surface area contributed by atoms with E-state index in [2.05, 4.69) is 0 Å². The first-order valence-electron chi connectivity index (χ1n) is 6.53. The predicted molar refractivity (Wildman–Crippen MR) is 66.6 cm³/mol. The first-order valence-corrected chi connectivity index (χ1v) is 6.53. The lowest BCUT2D eigenvalue weighted by Gasteiger charge is -2.45. The fraction of sp³-hybridized carbons (Fsp3) is 0.571. The van der Waals surface area contributed by atoms with E-state index in [1.54, 1.807) is 0 Å². The van der Waals surface area contributed by atoms with Crippen molar-refractivity contribution >= 4 is 0 Å². The molecule has 0 radical (unpaired) electrons. The quantitative estimate of drug-likeness (QED) is 0.883. The van der Waals surface area contributed by atoms with Crippen molar-refractivity contribution in [1.82, 2.24) is 0 Å². The molecular formula is C14H17FO5. The van der Waals surface area contributed by atoms with Crippen LogP contribution in [0.25, 0.3) is 0 Å². The van der Waals surface area contributed by atoms with Gasteiger partial charge in [0.15, 0.2) is 18.8 Å². The molecule has 2 saturated heterocycles. The Kier molecular flexibility index (Phi) is 4.00. The van der Waals surface area contributed by atoms with Crippen LogP contribution in [-0.2, 0) is 18.9 Å². The molecule has 3 rings (SSSR count). The molecule has 0 spiro atoms. The number of rotatable bonds is 2. The Morgan fingerprint density at radius 2 is 2.00 bits per heavy atom. The third kappa shape index (κ3) is 2.45. The van der Waals surface area contributed by atoms with Crippen LogP contribution in [0.2, 0.25) is 0 Å². The van der Waals surface area contributed by atoms with Crippen molar-refractivity contribution in [2.24, 2.45) is 0 Å². The summed E-state index contributed by atoms with van der Waals surface area (Å²) in [6.45, 7) is 0.216. The smallest absolute Gasteiger partial charge is 0.191 e. The fourth-order valence-electron chi connectivity index (χ4n) is 2.52. The van der Waals surface area contributed by atoms with E-state index in [0.717, 1.165) is 5.56 Å². The van der Waals surface area contributed by atoms with E-state index in [1.165, 1.54) is 7.11 Å². The van der Waals surface area contributed by atoms with Gasteiger partial charge in [-0.3, -0.25) is 0 Å². The summed E-state index contributed by atoms with van der Waals surface area (Å²) in [7, 11) is 1.33. The van der Waals surface area contributed by atoms with Gasteiger partial charge in [0.2, 0.25) is 0 Å². The lowest BCUT2D eigenvalue weighted by Crippen LogP contribution is -2.60. The molecule has 20 heavy (non-hydrogen) atoms. The van der Waals surface area contributed by atoms with Gasteiger partial charge in [-0.15, -0.1) is 0 Å². The van der Waals surface area contributed by atoms with Crippen molar-refractivity contribution in [3.63, 3.8) is 0 Å². The van der Waals surface area contributed by atoms with E-state index >= 15 is 0 Å². The monoisotopic (exact) mass is 284 g/mol. The minimum absolute atomic E-state index is 0.216. The summed E-state index contributed by atoms with van der Waals surface area (Å²) in [6.07, 6.45) is -5.96. The number of ether oxygens (including phenoxy) is 4. The summed E-state index contributed by atoms with van der Waals surface area (Å²) in [5.74, 6) is 0. The van der Waals surface area contributed by atoms with Crippen molar-refractivity contribution in [2.75, 3.05) is 13.7 Å². The Morgan fingerprint density at radius 3 is 2.70 bits per heavy atom. The molecule has 0 unspecified atom stereocenters. The van der Waals surface area contributed by atoms with Crippen molar-refractivity contribution in [3.05, 3.63) is 35.9 Å². The van der Waals surface area contributed by atoms with Crippen LogP contribution < -0.4 is 0 Å². The number of hydrogen-bond donors (Lipinski definition) is 1. The van der Waals surface area contributed by atoms with Crippen LogP contribution in [-0.4, -0.2) is 49.6 Å². The maximum Gasteiger partial charge on any atom is 0.191 e. The maximum absolute atomic E-state index is 13.9. The van der Waals surface area contributed by atoms with Crippen LogP contribution >= 0.6 is 0 Å². The van der Waals surface area contributed by atoms with Crippen LogP contribution in [0.3, 0.4) is 0 Å². The molecule has 1 aromatic carbocycles. The van der Waals surface area contributed by atoms with Crippen molar-refractivity contribution < 1.29 is 28.4 Å². The van der Waals surface area contributed by atoms with Gasteiger partial charge in [0, 0.05) is 12.7 Å². The molecule has 2 heterocycles. The van der Waals surface area contributed by atoms with Crippen LogP contribution in [0, 0.1) is 0 Å². The lowest BCUT2D eigenvalue weighted by molar-refractivity contribution is -0.350. The van der Waals surface area contributed by atoms with Gasteiger partial charge in [0.1, 0.15) is 18.3 Å². The normalized spacial score (nSPS) is 41.1. The molecule has 5 nitrogen and oxygen atoms in total. The molecule has 1 N–H and O–H groups in total. The molecule has 6 atom stereocenters. The molecular weight excluding hydrogens is 267 g/mol. The second-order valence-corrected chi connectivity index (χ2v) is 4.89. The van der Waals surface area contributed by atoms with E-state index < -0.39 is 37.1 Å². The first-order chi connectivity index (χ1) is 9.70. The Hall–Kier alpha value is -1.05. The van der Waals surface area contributed by atoms with E-state index in [0.29, 0.717) is 0 Å². The Bertz CT molecular complexity index is 440. The van der Waals surface area contributed by atoms with Crippen molar-refractivity contribution in [3.8, 4) is 0 Å². The minimum atomic E-state index is -1.64. The molecule has 0 aliphatic carbocycles. The lowest BCUT2D eigenvalue weighted by atomic mass is 9.99. The summed E-state index contributed by atoms with van der Waals surface area (Å²) >= 11 is 0. The highest BCUT2D eigenvalue weighted by Gasteiger charge is 2.49. The SMILES string of the molecule is CO[C@H]1O[C@@H]2CO[C@@H](c3ccccc3)O[C@H]2[C@@H](O)[C@H]1F. The molecule has 2 aliphatic heterocycles. The van der Waals surface area contributed by atoms with Crippen molar-refractivity contribution in [2.45, 2.75) is 37.1 Å². The standard InChI is InChI=1S/C14H17FO5/c1-17-14-10(15)11(16)12-9(19-14)7-18-13(20-12)8-5-3-2-4-6-8/h2-6,9-14,16H,7H2,1H3/t9-,10-,11+,12-,13-,14+/m1/s1. The van der Waals surface area contributed by atoms with Gasteiger partial charge in [0.25, 0.3) is 0 Å². The Morgan fingerprint density at radius 1 is 1.25 bits per heavy atom. The van der Waals surface area contributed by atoms with Gasteiger partial charge in [-0.05, 0) is 0 Å². The molecule has 0 aromatic heterocycles. The zero-order valence-electron chi connectivity index (χ0n) is 11.0. The summed E-state index contributed by atoms with van der Waals surface area (Å²) in [5, 5.41) is 10.0. The van der Waals surface area contributed by atoms with E-state index in [1.807, 2.05) is 30.3 Å². The molecule has 0 saturated carbocycles. The minimum Gasteiger partial charge on any atom is -0.387 e. The number of alkyl halides is 1.